The molecular formula is C17H19N3O4. The second-order valence-electron chi connectivity index (χ2n) is 5.72. The third-order valence-corrected chi connectivity index (χ3v) is 4.15. The Bertz CT molecular complexity index is 742. The van der Waals surface area contributed by atoms with Gasteiger partial charge in [-0.25, -0.2) is 9.48 Å². The van der Waals surface area contributed by atoms with Gasteiger partial charge in [0.2, 0.25) is 0 Å². The number of hydrogen-bond donors (Lipinski definition) is 1. The number of aromatic nitrogens is 2. The number of rotatable bonds is 4. The highest BCUT2D eigenvalue weighted by atomic mass is 16.5. The Balaban J connectivity index is 1.97. The van der Waals surface area contributed by atoms with Gasteiger partial charge in [-0.1, -0.05) is 18.2 Å². The van der Waals surface area contributed by atoms with E-state index in [1.165, 1.54) is 10.7 Å². The Morgan fingerprint density at radius 2 is 2.04 bits per heavy atom. The molecule has 1 aromatic heterocycles. The Kier molecular flexibility index (Phi) is 4.61. The van der Waals surface area contributed by atoms with E-state index in [-0.39, 0.29) is 23.4 Å². The van der Waals surface area contributed by atoms with Gasteiger partial charge in [0.1, 0.15) is 5.69 Å². The second-order valence-corrected chi connectivity index (χ2v) is 5.72. The molecule has 1 saturated heterocycles. The van der Waals surface area contributed by atoms with Gasteiger partial charge in [-0.15, -0.1) is 0 Å². The first-order chi connectivity index (χ1) is 11.6. The van der Waals surface area contributed by atoms with Gasteiger partial charge in [0.05, 0.1) is 11.8 Å². The first-order valence-electron chi connectivity index (χ1n) is 7.81. The summed E-state index contributed by atoms with van der Waals surface area (Å²) in [5.41, 5.74) is 0.742. The molecule has 0 spiro atoms. The Morgan fingerprint density at radius 1 is 1.29 bits per heavy atom. The zero-order valence-electron chi connectivity index (χ0n) is 13.4. The molecule has 1 aromatic carbocycles. The molecule has 1 atom stereocenters. The Hall–Kier alpha value is -2.67. The molecule has 1 amide bonds. The molecule has 7 nitrogen and oxygen atoms in total. The number of carboxylic acid groups (broad SMARTS) is 1. The summed E-state index contributed by atoms with van der Waals surface area (Å²) in [4.78, 5) is 25.9. The molecule has 7 heteroatoms. The quantitative estimate of drug-likeness (QED) is 0.925. The van der Waals surface area contributed by atoms with Gasteiger partial charge < -0.3 is 14.7 Å². The van der Waals surface area contributed by atoms with Gasteiger partial charge in [0, 0.05) is 26.3 Å². The van der Waals surface area contributed by atoms with Gasteiger partial charge in [-0.05, 0) is 25.0 Å². The van der Waals surface area contributed by atoms with Crippen molar-refractivity contribution in [3.63, 3.8) is 0 Å². The third kappa shape index (κ3) is 3.16. The average molecular weight is 329 g/mol. The number of nitrogens with zero attached hydrogens (tertiary/aromatic N) is 3. The number of methoxy groups -OCH3 is 1. The molecule has 0 saturated carbocycles. The van der Waals surface area contributed by atoms with Crippen LogP contribution in [0.1, 0.15) is 33.8 Å². The molecule has 0 radical (unpaired) electrons. The van der Waals surface area contributed by atoms with Crippen LogP contribution in [0, 0.1) is 0 Å². The molecule has 2 aromatic rings. The lowest BCUT2D eigenvalue weighted by Gasteiger charge is -2.31. The van der Waals surface area contributed by atoms with Crippen LogP contribution < -0.4 is 0 Å². The number of hydrogen-bond acceptors (Lipinski definition) is 4. The highest BCUT2D eigenvalue weighted by Gasteiger charge is 2.28. The molecule has 2 heterocycles. The van der Waals surface area contributed by atoms with Crippen LogP contribution in [0.3, 0.4) is 0 Å². The van der Waals surface area contributed by atoms with Crippen molar-refractivity contribution in [1.29, 1.82) is 0 Å². The molecule has 3 rings (SSSR count). The minimum absolute atomic E-state index is 0.00902. The van der Waals surface area contributed by atoms with Crippen molar-refractivity contribution in [1.82, 2.24) is 14.7 Å². The van der Waals surface area contributed by atoms with Crippen LogP contribution in [0.4, 0.5) is 0 Å². The van der Waals surface area contributed by atoms with E-state index in [0.717, 1.165) is 12.8 Å². The van der Waals surface area contributed by atoms with E-state index in [0.29, 0.717) is 18.8 Å². The maximum Gasteiger partial charge on any atom is 0.356 e. The minimum Gasteiger partial charge on any atom is -0.476 e. The number of para-hydroxylation sites is 1. The lowest BCUT2D eigenvalue weighted by atomic mass is 10.1. The smallest absolute Gasteiger partial charge is 0.356 e. The maximum atomic E-state index is 12.9. The number of carbonyl (C=O) groups is 2. The summed E-state index contributed by atoms with van der Waals surface area (Å²) in [7, 11) is 1.63. The lowest BCUT2D eigenvalue weighted by Crippen LogP contribution is -2.43. The molecule has 1 aliphatic heterocycles. The van der Waals surface area contributed by atoms with Crippen molar-refractivity contribution >= 4 is 11.9 Å². The van der Waals surface area contributed by atoms with Crippen LogP contribution in [-0.2, 0) is 4.74 Å². The van der Waals surface area contributed by atoms with Gasteiger partial charge >= 0.3 is 5.97 Å². The first-order valence-corrected chi connectivity index (χ1v) is 7.81. The summed E-state index contributed by atoms with van der Waals surface area (Å²) >= 11 is 0. The molecule has 24 heavy (non-hydrogen) atoms. The summed E-state index contributed by atoms with van der Waals surface area (Å²) in [5, 5.41) is 13.3. The molecule has 0 bridgehead atoms. The largest absolute Gasteiger partial charge is 0.476 e. The lowest BCUT2D eigenvalue weighted by molar-refractivity contribution is 0.0264. The van der Waals surface area contributed by atoms with Crippen LogP contribution in [0.25, 0.3) is 5.69 Å². The molecular weight excluding hydrogens is 310 g/mol. The standard InChI is InChI=1S/C17H19N3O4/c1-24-13-8-5-9-19(11-13)16(21)15-10-14(17(22)23)18-20(15)12-6-3-2-4-7-12/h2-4,6-7,10,13H,5,8-9,11H2,1H3,(H,22,23). The highest BCUT2D eigenvalue weighted by molar-refractivity contribution is 5.96. The number of aromatic carboxylic acids is 1. The summed E-state index contributed by atoms with van der Waals surface area (Å²) < 4.78 is 6.75. The van der Waals surface area contributed by atoms with Crippen LogP contribution >= 0.6 is 0 Å². The van der Waals surface area contributed by atoms with Crippen LogP contribution in [0.15, 0.2) is 36.4 Å². The molecule has 1 unspecified atom stereocenters. The van der Waals surface area contributed by atoms with E-state index in [9.17, 15) is 14.7 Å². The van der Waals surface area contributed by atoms with Gasteiger partial charge in [-0.2, -0.15) is 5.10 Å². The van der Waals surface area contributed by atoms with Gasteiger partial charge in [0.25, 0.3) is 5.91 Å². The number of likely N-dealkylation sites (tertiary alicyclic amines) is 1. The average Bonchev–Trinajstić information content (AvgIpc) is 3.07. The van der Waals surface area contributed by atoms with Crippen molar-refractivity contribution < 1.29 is 19.4 Å². The Morgan fingerprint density at radius 3 is 2.71 bits per heavy atom. The van der Waals surface area contributed by atoms with E-state index in [1.54, 1.807) is 24.1 Å². The molecule has 126 valence electrons. The van der Waals surface area contributed by atoms with Crippen molar-refractivity contribution in [2.75, 3.05) is 20.2 Å². The highest BCUT2D eigenvalue weighted by Crippen LogP contribution is 2.19. The normalized spacial score (nSPS) is 17.7. The van der Waals surface area contributed by atoms with Crippen molar-refractivity contribution in [2.45, 2.75) is 18.9 Å². The predicted molar refractivity (Wildman–Crippen MR) is 86.5 cm³/mol. The molecule has 1 N–H and O–H groups in total. The van der Waals surface area contributed by atoms with Crippen LogP contribution in [-0.4, -0.2) is 58.0 Å². The fourth-order valence-corrected chi connectivity index (χ4v) is 2.88. The topological polar surface area (TPSA) is 84.7 Å². The number of ether oxygens (including phenoxy) is 1. The third-order valence-electron chi connectivity index (χ3n) is 4.15. The second kappa shape index (κ2) is 6.84. The SMILES string of the molecule is COC1CCCN(C(=O)c2cc(C(=O)O)nn2-c2ccccc2)C1. The predicted octanol–water partition coefficient (Wildman–Crippen LogP) is 1.82. The maximum absolute atomic E-state index is 12.9. The molecule has 1 aliphatic rings. The van der Waals surface area contributed by atoms with E-state index in [4.69, 9.17) is 4.74 Å². The monoisotopic (exact) mass is 329 g/mol. The van der Waals surface area contributed by atoms with Crippen molar-refractivity contribution in [2.24, 2.45) is 0 Å². The zero-order chi connectivity index (χ0) is 17.1. The number of amides is 1. The van der Waals surface area contributed by atoms with E-state index < -0.39 is 5.97 Å². The fraction of sp³-hybridized carbons (Fsp3) is 0.353. The summed E-state index contributed by atoms with van der Waals surface area (Å²) in [6.45, 7) is 1.12. The molecule has 0 aliphatic carbocycles. The minimum atomic E-state index is -1.16. The van der Waals surface area contributed by atoms with Crippen molar-refractivity contribution in [3.05, 3.63) is 47.8 Å². The fourth-order valence-electron chi connectivity index (χ4n) is 2.88. The van der Waals surface area contributed by atoms with E-state index in [2.05, 4.69) is 5.10 Å². The van der Waals surface area contributed by atoms with E-state index >= 15 is 0 Å². The number of carbonyl (C=O) groups excluding carboxylic acids is 1. The van der Waals surface area contributed by atoms with Crippen LogP contribution in [0.2, 0.25) is 0 Å². The van der Waals surface area contributed by atoms with Gasteiger partial charge in [0.15, 0.2) is 5.69 Å². The molecule has 1 fully saturated rings. The van der Waals surface area contributed by atoms with Crippen LogP contribution in [0.5, 0.6) is 0 Å². The summed E-state index contributed by atoms with van der Waals surface area (Å²) in [5.74, 6) is -1.40. The Labute approximate surface area is 139 Å². The zero-order valence-corrected chi connectivity index (χ0v) is 13.4. The number of carboxylic acids is 1. The number of benzene rings is 1. The van der Waals surface area contributed by atoms with Crippen molar-refractivity contribution in [3.8, 4) is 5.69 Å². The number of piperidine rings is 1. The first kappa shape index (κ1) is 16.2. The van der Waals surface area contributed by atoms with E-state index in [1.807, 2.05) is 18.2 Å². The summed E-state index contributed by atoms with van der Waals surface area (Å²) in [6, 6.07) is 10.4. The van der Waals surface area contributed by atoms with Gasteiger partial charge in [-0.3, -0.25) is 4.79 Å². The summed E-state index contributed by atoms with van der Waals surface area (Å²) in [6.07, 6.45) is 1.78.